The first kappa shape index (κ1) is 7.31. The number of hydrogen-bond acceptors (Lipinski definition) is 3. The monoisotopic (exact) mass is 145 g/mol. The number of hydrogen-bond donors (Lipinski definition) is 1. The Morgan fingerprint density at radius 3 is 2.40 bits per heavy atom. The fraction of sp³-hybridized carbons (Fsp3) is 0.833. The molecular weight excluding hydrogens is 133 g/mol. The zero-order chi connectivity index (χ0) is 7.78. The van der Waals surface area contributed by atoms with Crippen molar-refractivity contribution in [2.24, 2.45) is 5.10 Å². The lowest BCUT2D eigenvalue weighted by atomic mass is 10.1. The molecule has 0 aromatic heterocycles. The second-order valence-electron chi connectivity index (χ2n) is 3.30. The van der Waals surface area contributed by atoms with E-state index >= 15 is 0 Å². The van der Waals surface area contributed by atoms with E-state index in [0.29, 0.717) is 6.67 Å². The van der Waals surface area contributed by atoms with E-state index in [0.717, 1.165) is 0 Å². The Morgan fingerprint density at radius 2 is 2.20 bits per heavy atom. The van der Waals surface area contributed by atoms with Gasteiger partial charge >= 0.3 is 6.09 Å². The Balaban J connectivity index is 2.67. The third-order valence-corrected chi connectivity index (χ3v) is 1.43. The lowest BCUT2D eigenvalue weighted by Gasteiger charge is -2.30. The number of nitrogens with zero attached hydrogens (tertiary/aromatic N) is 2. The van der Waals surface area contributed by atoms with E-state index in [1.165, 1.54) is 0 Å². The second kappa shape index (κ2) is 2.11. The molecule has 1 N–H and O–H groups in total. The molecule has 10 heavy (non-hydrogen) atoms. The molecule has 4 heteroatoms. The summed E-state index contributed by atoms with van der Waals surface area (Å²) in [5.41, 5.74) is 2.38. The van der Waals surface area contributed by atoms with Crippen LogP contribution < -0.4 is 5.43 Å². The molecule has 58 valence electrons. The first-order valence-electron chi connectivity index (χ1n) is 3.25. The number of rotatable bonds is 0. The Morgan fingerprint density at radius 1 is 1.60 bits per heavy atom. The van der Waals surface area contributed by atoms with E-state index in [2.05, 4.69) is 10.5 Å². The summed E-state index contributed by atoms with van der Waals surface area (Å²) in [6.07, 6.45) is -0.424. The molecule has 0 radical (unpaired) electrons. The van der Waals surface area contributed by atoms with Crippen LogP contribution in [0.15, 0.2) is 5.10 Å². The summed E-state index contributed by atoms with van der Waals surface area (Å²) in [5.74, 6) is 0. The van der Waals surface area contributed by atoms with E-state index in [9.17, 15) is 4.39 Å². The number of nitrogens with one attached hydrogen (secondary N) is 1. The van der Waals surface area contributed by atoms with Crippen molar-refractivity contribution in [2.75, 3.05) is 6.67 Å². The lowest BCUT2D eigenvalue weighted by Crippen LogP contribution is -2.43. The molecule has 0 amide bonds. The molecule has 0 aromatic rings. The number of hydrazone groups is 1. The van der Waals surface area contributed by atoms with Gasteiger partial charge in [-0.15, -0.1) is 5.10 Å². The summed E-state index contributed by atoms with van der Waals surface area (Å²) in [6.45, 7) is 6.29. The van der Waals surface area contributed by atoms with Crippen molar-refractivity contribution in [3.63, 3.8) is 0 Å². The molecule has 0 saturated heterocycles. The number of amidine groups is 1. The predicted octanol–water partition coefficient (Wildman–Crippen LogP) is 0.888. The van der Waals surface area contributed by atoms with Crippen LogP contribution in [0, 0.1) is 0 Å². The van der Waals surface area contributed by atoms with Crippen LogP contribution in [0.2, 0.25) is 0 Å². The minimum Gasteiger partial charge on any atom is -0.308 e. The third-order valence-electron chi connectivity index (χ3n) is 1.43. The zero-order valence-corrected chi connectivity index (χ0v) is 6.48. The fourth-order valence-corrected chi connectivity index (χ4v) is 0.811. The summed E-state index contributed by atoms with van der Waals surface area (Å²) in [6, 6.07) is 0. The molecule has 0 unspecified atom stereocenters. The van der Waals surface area contributed by atoms with E-state index in [4.69, 9.17) is 0 Å². The van der Waals surface area contributed by atoms with Crippen molar-refractivity contribution in [1.29, 1.82) is 0 Å². The van der Waals surface area contributed by atoms with Gasteiger partial charge in [0.2, 0.25) is 0 Å². The van der Waals surface area contributed by atoms with Crippen LogP contribution in [0.4, 0.5) is 4.39 Å². The van der Waals surface area contributed by atoms with Crippen molar-refractivity contribution < 1.29 is 4.39 Å². The van der Waals surface area contributed by atoms with Gasteiger partial charge in [0, 0.05) is 5.54 Å². The summed E-state index contributed by atoms with van der Waals surface area (Å²) < 4.78 is 12.7. The molecule has 0 spiro atoms. The van der Waals surface area contributed by atoms with Gasteiger partial charge in [0.05, 0.1) is 0 Å². The van der Waals surface area contributed by atoms with Crippen LogP contribution in [0.5, 0.6) is 0 Å². The topological polar surface area (TPSA) is 27.6 Å². The highest BCUT2D eigenvalue weighted by Gasteiger charge is 2.27. The minimum absolute atomic E-state index is 0.183. The summed E-state index contributed by atoms with van der Waals surface area (Å²) >= 11 is 0. The predicted molar refractivity (Wildman–Crippen MR) is 38.1 cm³/mol. The molecule has 1 heterocycles. The Hall–Kier alpha value is -0.800. The molecular formula is C6H12FN3. The minimum atomic E-state index is -0.424. The molecule has 0 bridgehead atoms. The maximum absolute atomic E-state index is 12.7. The van der Waals surface area contributed by atoms with Gasteiger partial charge in [-0.1, -0.05) is 0 Å². The molecule has 1 aliphatic heterocycles. The summed E-state index contributed by atoms with van der Waals surface area (Å²) in [7, 11) is 0. The van der Waals surface area contributed by atoms with E-state index in [-0.39, 0.29) is 5.54 Å². The smallest absolute Gasteiger partial charge is 0.303 e. The largest absolute Gasteiger partial charge is 0.308 e. The SMILES string of the molecule is CC(C)(C)N1CNN=C1F. The zero-order valence-electron chi connectivity index (χ0n) is 6.48. The van der Waals surface area contributed by atoms with Crippen LogP contribution in [-0.2, 0) is 0 Å². The van der Waals surface area contributed by atoms with E-state index in [1.54, 1.807) is 4.90 Å². The van der Waals surface area contributed by atoms with Gasteiger partial charge in [-0.05, 0) is 20.8 Å². The van der Waals surface area contributed by atoms with Gasteiger partial charge in [0.1, 0.15) is 6.67 Å². The average molecular weight is 145 g/mol. The highest BCUT2D eigenvalue weighted by molar-refractivity contribution is 5.74. The van der Waals surface area contributed by atoms with Crippen molar-refractivity contribution in [3.05, 3.63) is 0 Å². The van der Waals surface area contributed by atoms with Gasteiger partial charge in [-0.2, -0.15) is 4.39 Å². The van der Waals surface area contributed by atoms with Crippen LogP contribution in [0.1, 0.15) is 20.8 Å². The Labute approximate surface area is 59.9 Å². The maximum atomic E-state index is 12.7. The van der Waals surface area contributed by atoms with E-state index < -0.39 is 6.09 Å². The Kier molecular flexibility index (Phi) is 1.54. The lowest BCUT2D eigenvalue weighted by molar-refractivity contribution is 0.227. The average Bonchev–Trinajstić information content (AvgIpc) is 2.11. The van der Waals surface area contributed by atoms with Crippen LogP contribution >= 0.6 is 0 Å². The molecule has 0 saturated carbocycles. The van der Waals surface area contributed by atoms with Gasteiger partial charge in [-0.25, -0.2) is 0 Å². The molecule has 0 atom stereocenters. The highest BCUT2D eigenvalue weighted by Crippen LogP contribution is 2.15. The second-order valence-corrected chi connectivity index (χ2v) is 3.30. The third kappa shape index (κ3) is 1.20. The van der Waals surface area contributed by atoms with Gasteiger partial charge in [0.15, 0.2) is 0 Å². The molecule has 0 aliphatic carbocycles. The van der Waals surface area contributed by atoms with Crippen molar-refractivity contribution in [2.45, 2.75) is 26.3 Å². The first-order chi connectivity index (χ1) is 4.52. The van der Waals surface area contributed by atoms with Crippen molar-refractivity contribution in [1.82, 2.24) is 10.3 Å². The van der Waals surface area contributed by atoms with Crippen molar-refractivity contribution >= 4 is 6.09 Å². The summed E-state index contributed by atoms with van der Waals surface area (Å²) in [5, 5.41) is 3.41. The first-order valence-corrected chi connectivity index (χ1v) is 3.25. The summed E-state index contributed by atoms with van der Waals surface area (Å²) in [4.78, 5) is 1.56. The molecule has 3 nitrogen and oxygen atoms in total. The quantitative estimate of drug-likeness (QED) is 0.512. The normalized spacial score (nSPS) is 18.8. The van der Waals surface area contributed by atoms with Gasteiger partial charge in [-0.3, -0.25) is 5.43 Å². The van der Waals surface area contributed by atoms with Gasteiger partial charge in [0.25, 0.3) is 0 Å². The molecule has 0 aromatic carbocycles. The van der Waals surface area contributed by atoms with Gasteiger partial charge < -0.3 is 4.90 Å². The molecule has 1 aliphatic rings. The number of halogens is 1. The van der Waals surface area contributed by atoms with E-state index in [1.807, 2.05) is 20.8 Å². The van der Waals surface area contributed by atoms with Crippen molar-refractivity contribution in [3.8, 4) is 0 Å². The highest BCUT2D eigenvalue weighted by atomic mass is 19.1. The molecule has 1 rings (SSSR count). The van der Waals surface area contributed by atoms with Crippen LogP contribution in [0.25, 0.3) is 0 Å². The Bertz CT molecular complexity index is 159. The maximum Gasteiger partial charge on any atom is 0.303 e. The molecule has 0 fully saturated rings. The van der Waals surface area contributed by atoms with Crippen LogP contribution in [-0.4, -0.2) is 23.2 Å². The fourth-order valence-electron chi connectivity index (χ4n) is 0.811. The van der Waals surface area contributed by atoms with Crippen LogP contribution in [0.3, 0.4) is 0 Å². The standard InChI is InChI=1S/C6H12FN3/c1-6(2,3)10-4-8-9-5(10)7/h8H,4H2,1-3H3.